The van der Waals surface area contributed by atoms with Gasteiger partial charge in [-0.15, -0.1) is 0 Å². The van der Waals surface area contributed by atoms with Crippen LogP contribution in [0.25, 0.3) is 0 Å². The number of nitrogens with zero attached hydrogens (tertiary/aromatic N) is 1. The fourth-order valence-electron chi connectivity index (χ4n) is 1.47. The Morgan fingerprint density at radius 3 is 2.71 bits per heavy atom. The third-order valence-corrected chi connectivity index (χ3v) is 2.58. The number of hydrogen-bond acceptors (Lipinski definition) is 1. The minimum atomic E-state index is 0.816. The highest BCUT2D eigenvalue weighted by Crippen LogP contribution is 2.17. The second-order valence-corrected chi connectivity index (χ2v) is 3.67. The lowest BCUT2D eigenvalue weighted by Crippen LogP contribution is -2.21. The van der Waals surface area contributed by atoms with Crippen molar-refractivity contribution in [3.8, 4) is 0 Å². The third-order valence-electron chi connectivity index (χ3n) is 2.21. The lowest BCUT2D eigenvalue weighted by atomic mass is 10.2. The second kappa shape index (κ2) is 4.34. The Bertz CT molecular complexity index is 354. The quantitative estimate of drug-likeness (QED) is 0.671. The Morgan fingerprint density at radius 1 is 1.21 bits per heavy atom. The van der Waals surface area contributed by atoms with E-state index in [0.29, 0.717) is 0 Å². The Hall–Kier alpha value is -1.21. The topological polar surface area (TPSA) is 3.24 Å². The van der Waals surface area contributed by atoms with Crippen LogP contribution in [0.3, 0.4) is 0 Å². The Kier molecular flexibility index (Phi) is 2.90. The molecular formula is C12H12ClN. The fraction of sp³-hybridized carbons (Fsp3) is 0.167. The minimum absolute atomic E-state index is 0.816. The summed E-state index contributed by atoms with van der Waals surface area (Å²) < 4.78 is 0. The molecule has 0 aliphatic carbocycles. The van der Waals surface area contributed by atoms with Gasteiger partial charge in [-0.25, -0.2) is 0 Å². The fourth-order valence-corrected chi connectivity index (χ4v) is 1.67. The maximum Gasteiger partial charge on any atom is 0.105 e. The summed E-state index contributed by atoms with van der Waals surface area (Å²) in [5.41, 5.74) is 1.29. The molecule has 0 fully saturated rings. The zero-order valence-electron chi connectivity index (χ0n) is 7.86. The van der Waals surface area contributed by atoms with Gasteiger partial charge in [0.15, 0.2) is 0 Å². The molecule has 0 aromatic heterocycles. The number of hydrogen-bond donors (Lipinski definition) is 0. The largest absolute Gasteiger partial charge is 0.354 e. The van der Waals surface area contributed by atoms with Crippen LogP contribution < -0.4 is 0 Å². The van der Waals surface area contributed by atoms with Crippen LogP contribution >= 0.6 is 11.6 Å². The molecule has 0 spiro atoms. The van der Waals surface area contributed by atoms with Gasteiger partial charge < -0.3 is 4.90 Å². The molecule has 0 radical (unpaired) electrons. The zero-order chi connectivity index (χ0) is 9.80. The molecule has 0 saturated heterocycles. The summed E-state index contributed by atoms with van der Waals surface area (Å²) >= 11 is 6.07. The molecule has 0 amide bonds. The first-order chi connectivity index (χ1) is 6.86. The van der Waals surface area contributed by atoms with E-state index in [1.165, 1.54) is 5.56 Å². The summed E-state index contributed by atoms with van der Waals surface area (Å²) in [7, 11) is 0. The second-order valence-electron chi connectivity index (χ2n) is 3.28. The van der Waals surface area contributed by atoms with E-state index >= 15 is 0 Å². The third kappa shape index (κ3) is 2.18. The van der Waals surface area contributed by atoms with Crippen molar-refractivity contribution < 1.29 is 0 Å². The van der Waals surface area contributed by atoms with Gasteiger partial charge in [-0.3, -0.25) is 0 Å². The van der Waals surface area contributed by atoms with Gasteiger partial charge in [-0.05, 0) is 11.6 Å². The van der Waals surface area contributed by atoms with E-state index < -0.39 is 0 Å². The molecule has 0 unspecified atom stereocenters. The van der Waals surface area contributed by atoms with Gasteiger partial charge >= 0.3 is 0 Å². The summed E-state index contributed by atoms with van der Waals surface area (Å²) in [6, 6.07) is 10.3. The molecule has 1 aromatic rings. The molecule has 1 aliphatic rings. The first kappa shape index (κ1) is 9.35. The molecular weight excluding hydrogens is 194 g/mol. The van der Waals surface area contributed by atoms with E-state index in [4.69, 9.17) is 11.6 Å². The Morgan fingerprint density at radius 2 is 2.00 bits per heavy atom. The van der Waals surface area contributed by atoms with Crippen molar-refractivity contribution in [2.24, 2.45) is 0 Å². The highest BCUT2D eigenvalue weighted by atomic mass is 35.5. The molecule has 14 heavy (non-hydrogen) atoms. The number of allylic oxidation sites excluding steroid dienone is 2. The van der Waals surface area contributed by atoms with E-state index in [9.17, 15) is 0 Å². The van der Waals surface area contributed by atoms with Crippen molar-refractivity contribution in [2.75, 3.05) is 6.54 Å². The monoisotopic (exact) mass is 205 g/mol. The zero-order valence-corrected chi connectivity index (χ0v) is 8.61. The molecule has 1 nitrogen and oxygen atoms in total. The van der Waals surface area contributed by atoms with Crippen molar-refractivity contribution in [1.29, 1.82) is 0 Å². The van der Waals surface area contributed by atoms with Gasteiger partial charge in [0.05, 0.1) is 0 Å². The lowest BCUT2D eigenvalue weighted by molar-refractivity contribution is 0.393. The maximum absolute atomic E-state index is 6.07. The molecule has 1 heterocycles. The summed E-state index contributed by atoms with van der Waals surface area (Å²) in [5, 5.41) is 0.816. The normalized spacial score (nSPS) is 15.5. The number of halogens is 1. The predicted octanol–water partition coefficient (Wildman–Crippen LogP) is 3.14. The van der Waals surface area contributed by atoms with Crippen LogP contribution in [-0.2, 0) is 6.54 Å². The lowest BCUT2D eigenvalue weighted by Gasteiger charge is -2.24. The smallest absolute Gasteiger partial charge is 0.105 e. The maximum atomic E-state index is 6.07. The molecule has 2 rings (SSSR count). The minimum Gasteiger partial charge on any atom is -0.354 e. The molecule has 1 aromatic carbocycles. The molecule has 0 bridgehead atoms. The van der Waals surface area contributed by atoms with E-state index in [1.807, 2.05) is 30.4 Å². The van der Waals surface area contributed by atoms with Gasteiger partial charge in [0.25, 0.3) is 0 Å². The van der Waals surface area contributed by atoms with Gasteiger partial charge in [0, 0.05) is 13.1 Å². The van der Waals surface area contributed by atoms with Crippen molar-refractivity contribution in [1.82, 2.24) is 4.90 Å². The summed E-state index contributed by atoms with van der Waals surface area (Å²) in [4.78, 5) is 2.14. The van der Waals surface area contributed by atoms with Gasteiger partial charge in [-0.1, -0.05) is 54.1 Å². The van der Waals surface area contributed by atoms with Crippen molar-refractivity contribution >= 4 is 11.6 Å². The molecule has 1 aliphatic heterocycles. The van der Waals surface area contributed by atoms with Crippen molar-refractivity contribution in [2.45, 2.75) is 6.54 Å². The van der Waals surface area contributed by atoms with E-state index in [1.54, 1.807) is 0 Å². The summed E-state index contributed by atoms with van der Waals surface area (Å²) in [5.74, 6) is 0. The first-order valence-corrected chi connectivity index (χ1v) is 5.05. The highest BCUT2D eigenvalue weighted by Gasteiger charge is 2.07. The Labute approximate surface area is 89.3 Å². The van der Waals surface area contributed by atoms with Crippen LogP contribution in [0.4, 0.5) is 0 Å². The summed E-state index contributed by atoms with van der Waals surface area (Å²) in [6.07, 6.45) is 6.02. The molecule has 0 saturated carbocycles. The van der Waals surface area contributed by atoms with Crippen LogP contribution in [0.1, 0.15) is 5.56 Å². The van der Waals surface area contributed by atoms with E-state index in [-0.39, 0.29) is 0 Å². The van der Waals surface area contributed by atoms with Gasteiger partial charge in [0.1, 0.15) is 5.16 Å². The highest BCUT2D eigenvalue weighted by molar-refractivity contribution is 6.29. The SMILES string of the molecule is ClC1=CC=CCN1Cc1ccccc1. The standard InChI is InChI=1S/C12H12ClN/c13-12-8-4-5-9-14(12)10-11-6-2-1-3-7-11/h1-8H,9-10H2. The van der Waals surface area contributed by atoms with Crippen molar-refractivity contribution in [3.05, 3.63) is 59.3 Å². The predicted molar refractivity (Wildman–Crippen MR) is 59.9 cm³/mol. The Balaban J connectivity index is 2.05. The summed E-state index contributed by atoms with van der Waals surface area (Å²) in [6.45, 7) is 1.77. The van der Waals surface area contributed by atoms with Crippen LogP contribution in [0.2, 0.25) is 0 Å². The number of benzene rings is 1. The van der Waals surface area contributed by atoms with Crippen LogP contribution in [0.5, 0.6) is 0 Å². The first-order valence-electron chi connectivity index (χ1n) is 4.67. The average molecular weight is 206 g/mol. The van der Waals surface area contributed by atoms with Gasteiger partial charge in [-0.2, -0.15) is 0 Å². The van der Waals surface area contributed by atoms with Crippen LogP contribution in [0.15, 0.2) is 53.7 Å². The molecule has 0 N–H and O–H groups in total. The van der Waals surface area contributed by atoms with Crippen molar-refractivity contribution in [3.63, 3.8) is 0 Å². The molecule has 0 atom stereocenters. The van der Waals surface area contributed by atoms with Crippen LogP contribution in [-0.4, -0.2) is 11.4 Å². The van der Waals surface area contributed by atoms with E-state index in [2.05, 4.69) is 23.1 Å². The van der Waals surface area contributed by atoms with E-state index in [0.717, 1.165) is 18.2 Å². The average Bonchev–Trinajstić information content (AvgIpc) is 2.23. The van der Waals surface area contributed by atoms with Crippen LogP contribution in [0, 0.1) is 0 Å². The molecule has 72 valence electrons. The number of rotatable bonds is 2. The molecule has 2 heteroatoms. The van der Waals surface area contributed by atoms with Gasteiger partial charge in [0.2, 0.25) is 0 Å².